The molecule has 1 heterocycles. The molecule has 2 N–H and O–H groups in total. The van der Waals surface area contributed by atoms with E-state index in [1.54, 1.807) is 0 Å². The standard InChI is InChI=1S/C10H15ClN2O5S2/c1-6(2)3-7(14)5-12-20(17,18)9-4-8(13(15)16)10(11)19-9/h4,6-7,12,14H,3,5H2,1-2H3. The molecule has 1 aromatic rings. The molecule has 0 aliphatic rings. The smallest absolute Gasteiger partial charge is 0.300 e. The Morgan fingerprint density at radius 3 is 2.60 bits per heavy atom. The quantitative estimate of drug-likeness (QED) is 0.581. The average Bonchev–Trinajstić information content (AvgIpc) is 2.69. The Bertz CT molecular complexity index is 584. The van der Waals surface area contributed by atoms with Crippen LogP contribution >= 0.6 is 22.9 Å². The van der Waals surface area contributed by atoms with Crippen molar-refractivity contribution in [2.45, 2.75) is 30.6 Å². The molecule has 0 aromatic carbocycles. The molecule has 20 heavy (non-hydrogen) atoms. The van der Waals surface area contributed by atoms with Crippen LogP contribution in [0.3, 0.4) is 0 Å². The molecule has 1 aromatic heterocycles. The average molecular weight is 343 g/mol. The summed E-state index contributed by atoms with van der Waals surface area (Å²) in [5.41, 5.74) is -0.445. The van der Waals surface area contributed by atoms with E-state index in [0.717, 1.165) is 6.07 Å². The Kier molecular flexibility index (Phi) is 5.90. The van der Waals surface area contributed by atoms with E-state index in [4.69, 9.17) is 11.6 Å². The van der Waals surface area contributed by atoms with Crippen LogP contribution in [0.15, 0.2) is 10.3 Å². The summed E-state index contributed by atoms with van der Waals surface area (Å²) >= 11 is 6.22. The summed E-state index contributed by atoms with van der Waals surface area (Å²) in [6.07, 6.45) is -0.358. The SMILES string of the molecule is CC(C)CC(O)CNS(=O)(=O)c1cc([N+](=O)[O-])c(Cl)s1. The number of thiophene rings is 1. The van der Waals surface area contributed by atoms with E-state index in [2.05, 4.69) is 4.72 Å². The first-order valence-corrected chi connectivity index (χ1v) is 8.42. The molecular formula is C10H15ClN2O5S2. The van der Waals surface area contributed by atoms with Gasteiger partial charge in [0.05, 0.1) is 11.0 Å². The van der Waals surface area contributed by atoms with Crippen LogP contribution < -0.4 is 4.72 Å². The second-order valence-corrected chi connectivity index (χ2v) is 8.26. The van der Waals surface area contributed by atoms with Crippen LogP contribution in [0, 0.1) is 16.0 Å². The molecule has 1 atom stereocenters. The number of rotatable bonds is 7. The fourth-order valence-electron chi connectivity index (χ4n) is 1.50. The van der Waals surface area contributed by atoms with Gasteiger partial charge in [-0.05, 0) is 12.3 Å². The number of hydrogen-bond donors (Lipinski definition) is 2. The van der Waals surface area contributed by atoms with Gasteiger partial charge < -0.3 is 5.11 Å². The Morgan fingerprint density at radius 1 is 1.55 bits per heavy atom. The van der Waals surface area contributed by atoms with Crippen molar-refractivity contribution in [1.82, 2.24) is 4.72 Å². The molecule has 0 spiro atoms. The predicted octanol–water partition coefficient (Wildman–Crippen LogP) is 2.00. The molecule has 0 amide bonds. The van der Waals surface area contributed by atoms with Gasteiger partial charge in [0.1, 0.15) is 4.21 Å². The van der Waals surface area contributed by atoms with Crippen LogP contribution in [0.1, 0.15) is 20.3 Å². The zero-order chi connectivity index (χ0) is 15.5. The first kappa shape index (κ1) is 17.3. The van der Waals surface area contributed by atoms with Gasteiger partial charge in [0, 0.05) is 12.6 Å². The van der Waals surface area contributed by atoms with Gasteiger partial charge in [0.2, 0.25) is 10.0 Å². The summed E-state index contributed by atoms with van der Waals surface area (Å²) in [6.45, 7) is 3.66. The lowest BCUT2D eigenvalue weighted by molar-refractivity contribution is -0.384. The monoisotopic (exact) mass is 342 g/mol. The summed E-state index contributed by atoms with van der Waals surface area (Å²) in [5, 5.41) is 20.2. The van der Waals surface area contributed by atoms with Gasteiger partial charge in [0.25, 0.3) is 5.69 Å². The second kappa shape index (κ2) is 6.81. The highest BCUT2D eigenvalue weighted by molar-refractivity contribution is 7.91. The number of nitrogens with one attached hydrogen (secondary N) is 1. The van der Waals surface area contributed by atoms with E-state index in [-0.39, 0.29) is 21.0 Å². The lowest BCUT2D eigenvalue weighted by Crippen LogP contribution is -2.32. The topological polar surface area (TPSA) is 110 Å². The first-order chi connectivity index (χ1) is 9.13. The second-order valence-electron chi connectivity index (χ2n) is 4.62. The summed E-state index contributed by atoms with van der Waals surface area (Å²) in [5.74, 6) is 0.228. The zero-order valence-corrected chi connectivity index (χ0v) is 13.3. The van der Waals surface area contributed by atoms with Gasteiger partial charge in [-0.1, -0.05) is 25.4 Å². The Labute approximate surface area is 125 Å². The molecule has 0 bridgehead atoms. The molecule has 0 aliphatic carbocycles. The Hall–Kier alpha value is -0.740. The number of aliphatic hydroxyl groups is 1. The lowest BCUT2D eigenvalue weighted by atomic mass is 10.1. The highest BCUT2D eigenvalue weighted by Crippen LogP contribution is 2.36. The third kappa shape index (κ3) is 4.67. The van der Waals surface area contributed by atoms with E-state index in [0.29, 0.717) is 17.8 Å². The third-order valence-corrected chi connectivity index (χ3v) is 5.60. The Morgan fingerprint density at radius 2 is 2.15 bits per heavy atom. The van der Waals surface area contributed by atoms with Crippen LogP contribution in [-0.2, 0) is 10.0 Å². The molecule has 0 fully saturated rings. The minimum absolute atomic E-state index is 0.149. The van der Waals surface area contributed by atoms with Gasteiger partial charge in [0.15, 0.2) is 4.34 Å². The van der Waals surface area contributed by atoms with Crippen LogP contribution in [0.2, 0.25) is 4.34 Å². The predicted molar refractivity (Wildman–Crippen MR) is 76.6 cm³/mol. The van der Waals surface area contributed by atoms with Crippen molar-refractivity contribution in [1.29, 1.82) is 0 Å². The number of nitrogens with zero attached hydrogens (tertiary/aromatic N) is 1. The summed E-state index contributed by atoms with van der Waals surface area (Å²) in [6, 6.07) is 0.907. The molecule has 0 radical (unpaired) electrons. The van der Waals surface area contributed by atoms with Crippen molar-refractivity contribution >= 4 is 38.6 Å². The van der Waals surface area contributed by atoms with Crippen molar-refractivity contribution < 1.29 is 18.4 Å². The number of hydrogen-bond acceptors (Lipinski definition) is 6. The summed E-state index contributed by atoms with van der Waals surface area (Å²) in [7, 11) is -3.91. The van der Waals surface area contributed by atoms with Gasteiger partial charge in [-0.25, -0.2) is 13.1 Å². The van der Waals surface area contributed by atoms with Crippen LogP contribution in [0.25, 0.3) is 0 Å². The molecule has 0 saturated carbocycles. The van der Waals surface area contributed by atoms with E-state index in [1.165, 1.54) is 0 Å². The normalized spacial score (nSPS) is 13.7. The van der Waals surface area contributed by atoms with E-state index >= 15 is 0 Å². The van der Waals surface area contributed by atoms with Crippen molar-refractivity contribution in [3.63, 3.8) is 0 Å². The van der Waals surface area contributed by atoms with E-state index in [1.807, 2.05) is 13.8 Å². The molecule has 10 heteroatoms. The first-order valence-electron chi connectivity index (χ1n) is 5.75. The largest absolute Gasteiger partial charge is 0.392 e. The van der Waals surface area contributed by atoms with E-state index < -0.39 is 26.7 Å². The summed E-state index contributed by atoms with van der Waals surface area (Å²) in [4.78, 5) is 9.88. The van der Waals surface area contributed by atoms with Crippen molar-refractivity contribution in [2.75, 3.05) is 6.54 Å². The van der Waals surface area contributed by atoms with Crippen LogP contribution in [0.5, 0.6) is 0 Å². The maximum atomic E-state index is 11.9. The number of halogens is 1. The highest BCUT2D eigenvalue weighted by Gasteiger charge is 2.25. The molecular weight excluding hydrogens is 328 g/mol. The maximum Gasteiger partial charge on any atom is 0.300 e. The van der Waals surface area contributed by atoms with Crippen molar-refractivity contribution in [2.24, 2.45) is 5.92 Å². The molecule has 1 unspecified atom stereocenters. The zero-order valence-electron chi connectivity index (χ0n) is 10.9. The lowest BCUT2D eigenvalue weighted by Gasteiger charge is -2.13. The fourth-order valence-corrected chi connectivity index (χ4v) is 4.28. The maximum absolute atomic E-state index is 11.9. The van der Waals surface area contributed by atoms with Crippen molar-refractivity contribution in [3.8, 4) is 0 Å². The molecule has 7 nitrogen and oxygen atoms in total. The van der Waals surface area contributed by atoms with Crippen molar-refractivity contribution in [3.05, 3.63) is 20.5 Å². The van der Waals surface area contributed by atoms with Gasteiger partial charge in [-0.15, -0.1) is 11.3 Å². The third-order valence-electron chi connectivity index (χ3n) is 2.36. The minimum atomic E-state index is -3.91. The minimum Gasteiger partial charge on any atom is -0.392 e. The molecule has 1 rings (SSSR count). The highest BCUT2D eigenvalue weighted by atomic mass is 35.5. The number of aliphatic hydroxyl groups excluding tert-OH is 1. The van der Waals surface area contributed by atoms with E-state index in [9.17, 15) is 23.6 Å². The van der Waals surface area contributed by atoms with Gasteiger partial charge in [-0.2, -0.15) is 0 Å². The Balaban J connectivity index is 2.79. The molecule has 0 saturated heterocycles. The number of nitro groups is 1. The fraction of sp³-hybridized carbons (Fsp3) is 0.600. The van der Waals surface area contributed by atoms with Gasteiger partial charge in [-0.3, -0.25) is 10.1 Å². The summed E-state index contributed by atoms with van der Waals surface area (Å²) < 4.78 is 25.6. The number of sulfonamides is 1. The van der Waals surface area contributed by atoms with Gasteiger partial charge >= 0.3 is 0 Å². The van der Waals surface area contributed by atoms with Crippen LogP contribution in [0.4, 0.5) is 5.69 Å². The van der Waals surface area contributed by atoms with Crippen LogP contribution in [-0.4, -0.2) is 31.1 Å². The molecule has 114 valence electrons. The molecule has 0 aliphatic heterocycles.